The normalized spacial score (nSPS) is 17.2. The van der Waals surface area contributed by atoms with E-state index in [0.717, 1.165) is 24.0 Å². The van der Waals surface area contributed by atoms with Crippen molar-refractivity contribution in [3.8, 4) is 0 Å². The van der Waals surface area contributed by atoms with E-state index >= 15 is 0 Å². The maximum atomic E-state index is 12.4. The van der Waals surface area contributed by atoms with Gasteiger partial charge in [-0.05, 0) is 52.9 Å². The summed E-state index contributed by atoms with van der Waals surface area (Å²) in [7, 11) is 0. The van der Waals surface area contributed by atoms with Crippen molar-refractivity contribution >= 4 is 28.8 Å². The molecule has 1 unspecified atom stereocenters. The SMILES string of the molecule is O=C(NCC(O)c1ccsc1)C1(c2ccc(Cl)cc2)CC1. The Labute approximate surface area is 132 Å². The van der Waals surface area contributed by atoms with E-state index in [4.69, 9.17) is 11.6 Å². The maximum Gasteiger partial charge on any atom is 0.230 e. The minimum atomic E-state index is -0.652. The molecule has 2 aromatic rings. The molecule has 3 rings (SSSR count). The summed E-state index contributed by atoms with van der Waals surface area (Å²) in [6.45, 7) is 0.241. The lowest BCUT2D eigenvalue weighted by Crippen LogP contribution is -2.37. The number of hydrogen-bond acceptors (Lipinski definition) is 3. The third kappa shape index (κ3) is 2.98. The lowest BCUT2D eigenvalue weighted by atomic mass is 9.95. The van der Waals surface area contributed by atoms with Crippen LogP contribution in [0, 0.1) is 0 Å². The number of amides is 1. The number of hydrogen-bond donors (Lipinski definition) is 2. The number of aliphatic hydroxyl groups excluding tert-OH is 1. The van der Waals surface area contributed by atoms with Gasteiger partial charge in [0, 0.05) is 11.6 Å². The molecule has 3 nitrogen and oxygen atoms in total. The number of rotatable bonds is 5. The van der Waals surface area contributed by atoms with Gasteiger partial charge in [0.25, 0.3) is 0 Å². The number of benzene rings is 1. The van der Waals surface area contributed by atoms with Gasteiger partial charge >= 0.3 is 0 Å². The van der Waals surface area contributed by atoms with E-state index < -0.39 is 11.5 Å². The highest BCUT2D eigenvalue weighted by molar-refractivity contribution is 7.07. The molecule has 2 N–H and O–H groups in total. The second kappa shape index (κ2) is 5.79. The van der Waals surface area contributed by atoms with Crippen molar-refractivity contribution in [3.05, 3.63) is 57.2 Å². The van der Waals surface area contributed by atoms with Gasteiger partial charge in [0.1, 0.15) is 0 Å². The number of nitrogens with one attached hydrogen (secondary N) is 1. The van der Waals surface area contributed by atoms with Crippen molar-refractivity contribution in [1.82, 2.24) is 5.32 Å². The highest BCUT2D eigenvalue weighted by Gasteiger charge is 2.51. The maximum absolute atomic E-state index is 12.4. The zero-order chi connectivity index (χ0) is 14.9. The predicted octanol–water partition coefficient (Wildman–Crippen LogP) is 3.28. The molecular weight excluding hydrogens is 306 g/mol. The Morgan fingerprint density at radius 2 is 2.05 bits per heavy atom. The Balaban J connectivity index is 1.64. The number of halogens is 1. The largest absolute Gasteiger partial charge is 0.387 e. The molecule has 0 aliphatic heterocycles. The van der Waals surface area contributed by atoms with Gasteiger partial charge in [-0.15, -0.1) is 0 Å². The molecule has 0 spiro atoms. The first-order valence-electron chi connectivity index (χ1n) is 6.86. The van der Waals surface area contributed by atoms with Crippen LogP contribution in [0.3, 0.4) is 0 Å². The van der Waals surface area contributed by atoms with E-state index in [-0.39, 0.29) is 12.5 Å². The van der Waals surface area contributed by atoms with E-state index in [9.17, 15) is 9.90 Å². The molecule has 1 aromatic heterocycles. The molecule has 0 bridgehead atoms. The molecule has 5 heteroatoms. The minimum absolute atomic E-state index is 0.0147. The van der Waals surface area contributed by atoms with E-state index in [1.165, 1.54) is 11.3 Å². The fourth-order valence-corrected chi connectivity index (χ4v) is 3.31. The Bertz CT molecular complexity index is 620. The van der Waals surface area contributed by atoms with E-state index in [2.05, 4.69) is 5.32 Å². The summed E-state index contributed by atoms with van der Waals surface area (Å²) in [5, 5.41) is 17.4. The summed E-state index contributed by atoms with van der Waals surface area (Å²) in [4.78, 5) is 12.4. The van der Waals surface area contributed by atoms with E-state index in [0.29, 0.717) is 5.02 Å². The standard InChI is InChI=1S/C16H16ClNO2S/c17-13-3-1-12(2-4-13)16(6-7-16)15(20)18-9-14(19)11-5-8-21-10-11/h1-5,8,10,14,19H,6-7,9H2,(H,18,20). The van der Waals surface area contributed by atoms with Gasteiger partial charge in [0.2, 0.25) is 5.91 Å². The Kier molecular flexibility index (Phi) is 4.02. The summed E-state index contributed by atoms with van der Waals surface area (Å²) >= 11 is 7.42. The van der Waals surface area contributed by atoms with E-state index in [1.54, 1.807) is 0 Å². The summed E-state index contributed by atoms with van der Waals surface area (Å²) in [6.07, 6.45) is 1.03. The highest BCUT2D eigenvalue weighted by Crippen LogP contribution is 2.48. The highest BCUT2D eigenvalue weighted by atomic mass is 35.5. The molecule has 21 heavy (non-hydrogen) atoms. The average molecular weight is 322 g/mol. The quantitative estimate of drug-likeness (QED) is 0.888. The third-order valence-corrected chi connectivity index (χ3v) is 4.92. The molecule has 1 amide bonds. The van der Waals surface area contributed by atoms with Crippen LogP contribution in [0.4, 0.5) is 0 Å². The van der Waals surface area contributed by atoms with E-state index in [1.807, 2.05) is 41.1 Å². The fourth-order valence-electron chi connectivity index (χ4n) is 2.48. The van der Waals surface area contributed by atoms with Gasteiger partial charge in [-0.3, -0.25) is 4.79 Å². The van der Waals surface area contributed by atoms with Crippen molar-refractivity contribution in [2.75, 3.05) is 6.54 Å². The molecule has 1 aromatic carbocycles. The van der Waals surface area contributed by atoms with Gasteiger partial charge in [-0.25, -0.2) is 0 Å². The monoisotopic (exact) mass is 321 g/mol. The lowest BCUT2D eigenvalue weighted by molar-refractivity contribution is -0.124. The van der Waals surface area contributed by atoms with Crippen LogP contribution in [-0.2, 0) is 10.2 Å². The molecule has 1 fully saturated rings. The van der Waals surface area contributed by atoms with Crippen molar-refractivity contribution < 1.29 is 9.90 Å². The number of carbonyl (C=O) groups excluding carboxylic acids is 1. The second-order valence-electron chi connectivity index (χ2n) is 5.37. The smallest absolute Gasteiger partial charge is 0.230 e. The summed E-state index contributed by atoms with van der Waals surface area (Å²) in [6, 6.07) is 9.30. The van der Waals surface area contributed by atoms with Crippen LogP contribution in [0.1, 0.15) is 30.1 Å². The zero-order valence-corrected chi connectivity index (χ0v) is 13.0. The van der Waals surface area contributed by atoms with Gasteiger partial charge in [-0.2, -0.15) is 11.3 Å². The molecule has 1 saturated carbocycles. The van der Waals surface area contributed by atoms with Crippen molar-refractivity contribution in [3.63, 3.8) is 0 Å². The predicted molar refractivity (Wildman–Crippen MR) is 84.7 cm³/mol. The van der Waals surface area contributed by atoms with Gasteiger partial charge in [0.05, 0.1) is 11.5 Å². The fraction of sp³-hybridized carbons (Fsp3) is 0.312. The molecule has 110 valence electrons. The number of aliphatic hydroxyl groups is 1. The van der Waals surface area contributed by atoms with Crippen LogP contribution in [0.25, 0.3) is 0 Å². The summed E-state index contributed by atoms with van der Waals surface area (Å²) in [5.41, 5.74) is 1.41. The van der Waals surface area contributed by atoms with Crippen LogP contribution < -0.4 is 5.32 Å². The van der Waals surface area contributed by atoms with Crippen LogP contribution >= 0.6 is 22.9 Å². The van der Waals surface area contributed by atoms with Gasteiger partial charge < -0.3 is 10.4 Å². The molecule has 1 heterocycles. The molecule has 0 radical (unpaired) electrons. The van der Waals surface area contributed by atoms with Crippen LogP contribution in [0.5, 0.6) is 0 Å². The Morgan fingerprint density at radius 3 is 2.62 bits per heavy atom. The minimum Gasteiger partial charge on any atom is -0.387 e. The first kappa shape index (κ1) is 14.6. The topological polar surface area (TPSA) is 49.3 Å². The van der Waals surface area contributed by atoms with Gasteiger partial charge in [0.15, 0.2) is 0 Å². The molecular formula is C16H16ClNO2S. The number of carbonyl (C=O) groups is 1. The summed E-state index contributed by atoms with van der Waals surface area (Å²) in [5.74, 6) is -0.0147. The number of thiophene rings is 1. The first-order valence-corrected chi connectivity index (χ1v) is 8.18. The van der Waals surface area contributed by atoms with Crippen molar-refractivity contribution in [2.24, 2.45) is 0 Å². The zero-order valence-electron chi connectivity index (χ0n) is 11.4. The van der Waals surface area contributed by atoms with Crippen LogP contribution in [0.2, 0.25) is 5.02 Å². The summed E-state index contributed by atoms with van der Waals surface area (Å²) < 4.78 is 0. The Hall–Kier alpha value is -1.36. The third-order valence-electron chi connectivity index (χ3n) is 3.97. The van der Waals surface area contributed by atoms with Gasteiger partial charge in [-0.1, -0.05) is 23.7 Å². The van der Waals surface area contributed by atoms with Crippen LogP contribution in [0.15, 0.2) is 41.1 Å². The Morgan fingerprint density at radius 1 is 1.33 bits per heavy atom. The van der Waals surface area contributed by atoms with Crippen molar-refractivity contribution in [1.29, 1.82) is 0 Å². The second-order valence-corrected chi connectivity index (χ2v) is 6.59. The first-order chi connectivity index (χ1) is 10.1. The molecule has 1 atom stereocenters. The van der Waals surface area contributed by atoms with Crippen molar-refractivity contribution in [2.45, 2.75) is 24.4 Å². The molecule has 1 aliphatic rings. The average Bonchev–Trinajstić information content (AvgIpc) is 3.11. The lowest BCUT2D eigenvalue weighted by Gasteiger charge is -2.17. The van der Waals surface area contributed by atoms with Crippen LogP contribution in [-0.4, -0.2) is 17.6 Å². The molecule has 1 aliphatic carbocycles. The molecule has 0 saturated heterocycles.